The van der Waals surface area contributed by atoms with Gasteiger partial charge < -0.3 is 0 Å². The Kier molecular flexibility index (Phi) is 42.9. The molecule has 0 amide bonds. The van der Waals surface area contributed by atoms with Crippen molar-refractivity contribution in [2.75, 3.05) is 19.6 Å². The SMILES string of the molecule is C=CCCCCCCC(C)N=C=O.CCCCCCCCCN=C=O.CCN=C=O.O=C=NCCCc1ccccc1. The van der Waals surface area contributed by atoms with Gasteiger partial charge >= 0.3 is 0 Å². The number of hydrogen-bond donors (Lipinski definition) is 0. The quantitative estimate of drug-likeness (QED) is 0.0624. The minimum atomic E-state index is 0.150. The van der Waals surface area contributed by atoms with Gasteiger partial charge in [0, 0.05) is 6.54 Å². The molecule has 42 heavy (non-hydrogen) atoms. The van der Waals surface area contributed by atoms with Gasteiger partial charge in [-0.25, -0.2) is 39.1 Å². The van der Waals surface area contributed by atoms with Crippen molar-refractivity contribution in [3.05, 3.63) is 48.6 Å². The standard InChI is InChI=1S/C11H19NO.C10H11NO.C10H19NO.C3H5NO/c1-3-4-5-6-7-8-9-11(2)12-10-13;12-9-11-8-4-7-10-5-2-1-3-6-10;1-2-3-4-5-6-7-8-9-11-10-12;1-2-4-3-5/h3,11H,1,4-9H2,2H3;1-3,5-6H,4,7-8H2;2-9H2,1H3;2H2,1H3. The van der Waals surface area contributed by atoms with Crippen LogP contribution in [0.2, 0.25) is 0 Å². The van der Waals surface area contributed by atoms with E-state index < -0.39 is 0 Å². The molecule has 0 saturated carbocycles. The van der Waals surface area contributed by atoms with Crippen LogP contribution in [0.25, 0.3) is 0 Å². The third-order valence-electron chi connectivity index (χ3n) is 5.86. The Morgan fingerprint density at radius 1 is 0.690 bits per heavy atom. The largest absolute Gasteiger partial charge is 0.235 e. The highest BCUT2D eigenvalue weighted by atomic mass is 16.1. The molecular formula is C34H54N4O4. The van der Waals surface area contributed by atoms with Crippen molar-refractivity contribution in [2.45, 2.75) is 123 Å². The number of unbranched alkanes of at least 4 members (excludes halogenated alkanes) is 10. The molecular weight excluding hydrogens is 528 g/mol. The number of allylic oxidation sites excluding steroid dienone is 1. The molecule has 8 heteroatoms. The monoisotopic (exact) mass is 582 g/mol. The zero-order valence-corrected chi connectivity index (χ0v) is 26.4. The average Bonchev–Trinajstić information content (AvgIpc) is 3.01. The molecule has 0 aliphatic heterocycles. The molecule has 1 atom stereocenters. The van der Waals surface area contributed by atoms with E-state index in [1.54, 1.807) is 19.1 Å². The topological polar surface area (TPSA) is 118 Å². The van der Waals surface area contributed by atoms with Crippen LogP contribution < -0.4 is 0 Å². The van der Waals surface area contributed by atoms with Gasteiger partial charge in [-0.2, -0.15) is 0 Å². The van der Waals surface area contributed by atoms with Crippen molar-refractivity contribution in [1.29, 1.82) is 0 Å². The fourth-order valence-corrected chi connectivity index (χ4v) is 3.55. The van der Waals surface area contributed by atoms with Crippen LogP contribution in [-0.4, -0.2) is 50.0 Å². The lowest BCUT2D eigenvalue weighted by Crippen LogP contribution is -1.96. The lowest BCUT2D eigenvalue weighted by molar-refractivity contribution is 0.542. The van der Waals surface area contributed by atoms with Crippen LogP contribution in [0, 0.1) is 0 Å². The lowest BCUT2D eigenvalue weighted by atomic mass is 10.1. The van der Waals surface area contributed by atoms with E-state index in [-0.39, 0.29) is 6.04 Å². The Balaban J connectivity index is -0.000000503. The fourth-order valence-electron chi connectivity index (χ4n) is 3.55. The van der Waals surface area contributed by atoms with Gasteiger partial charge in [0.05, 0.1) is 19.1 Å². The van der Waals surface area contributed by atoms with Gasteiger partial charge in [0.2, 0.25) is 24.3 Å². The molecule has 0 aliphatic carbocycles. The fraction of sp³-hybridized carbons (Fsp3) is 0.647. The molecule has 0 N–H and O–H groups in total. The molecule has 0 fully saturated rings. The molecule has 0 radical (unpaired) electrons. The zero-order chi connectivity index (χ0) is 31.8. The molecule has 0 heterocycles. The van der Waals surface area contributed by atoms with Crippen LogP contribution in [0.15, 0.2) is 63.0 Å². The van der Waals surface area contributed by atoms with E-state index in [9.17, 15) is 14.4 Å². The number of hydrogen-bond acceptors (Lipinski definition) is 8. The Morgan fingerprint density at radius 2 is 1.24 bits per heavy atom. The van der Waals surface area contributed by atoms with Gasteiger partial charge in [-0.15, -0.1) is 6.58 Å². The summed E-state index contributed by atoms with van der Waals surface area (Å²) in [5.41, 5.74) is 1.29. The molecule has 0 spiro atoms. The highest BCUT2D eigenvalue weighted by molar-refractivity contribution is 5.33. The summed E-state index contributed by atoms with van der Waals surface area (Å²) < 4.78 is 0. The molecule has 0 bridgehead atoms. The molecule has 0 saturated heterocycles. The second-order valence-corrected chi connectivity index (χ2v) is 9.57. The van der Waals surface area contributed by atoms with Crippen LogP contribution in [0.1, 0.15) is 116 Å². The van der Waals surface area contributed by atoms with Crippen LogP contribution in [-0.2, 0) is 25.6 Å². The van der Waals surface area contributed by atoms with Gasteiger partial charge in [0.25, 0.3) is 0 Å². The normalized spacial score (nSPS) is 9.60. The summed E-state index contributed by atoms with van der Waals surface area (Å²) in [5.74, 6) is 0. The van der Waals surface area contributed by atoms with Crippen LogP contribution in [0.3, 0.4) is 0 Å². The molecule has 1 unspecified atom stereocenters. The van der Waals surface area contributed by atoms with Gasteiger partial charge in [0.1, 0.15) is 0 Å². The first-order chi connectivity index (χ1) is 20.6. The number of nitrogens with zero attached hydrogens (tertiary/aromatic N) is 4. The summed E-state index contributed by atoms with van der Waals surface area (Å²) >= 11 is 0. The van der Waals surface area contributed by atoms with E-state index >= 15 is 0 Å². The number of isocyanates is 4. The van der Waals surface area contributed by atoms with Crippen molar-refractivity contribution < 1.29 is 19.2 Å². The predicted octanol–water partition coefficient (Wildman–Crippen LogP) is 8.61. The highest BCUT2D eigenvalue weighted by Gasteiger charge is 1.97. The first-order valence-corrected chi connectivity index (χ1v) is 15.4. The van der Waals surface area contributed by atoms with Crippen LogP contribution in [0.4, 0.5) is 0 Å². The second-order valence-electron chi connectivity index (χ2n) is 9.57. The lowest BCUT2D eigenvalue weighted by Gasteiger charge is -2.02. The number of rotatable bonds is 21. The van der Waals surface area contributed by atoms with Crippen LogP contribution >= 0.6 is 0 Å². The van der Waals surface area contributed by atoms with E-state index in [0.29, 0.717) is 19.6 Å². The minimum absolute atomic E-state index is 0.150. The summed E-state index contributed by atoms with van der Waals surface area (Å²) in [6.45, 7) is 11.4. The van der Waals surface area contributed by atoms with E-state index in [0.717, 1.165) is 38.5 Å². The smallest absolute Gasteiger partial charge is 0.211 e. The predicted molar refractivity (Wildman–Crippen MR) is 173 cm³/mol. The Morgan fingerprint density at radius 3 is 1.76 bits per heavy atom. The van der Waals surface area contributed by atoms with Crippen LogP contribution in [0.5, 0.6) is 0 Å². The Labute approximate surface area is 254 Å². The maximum atomic E-state index is 9.89. The van der Waals surface area contributed by atoms with Crippen molar-refractivity contribution in [2.24, 2.45) is 20.0 Å². The molecule has 1 rings (SSSR count). The first kappa shape index (κ1) is 42.9. The maximum absolute atomic E-state index is 9.89. The third kappa shape index (κ3) is 43.5. The van der Waals surface area contributed by atoms with Crippen molar-refractivity contribution in [1.82, 2.24) is 0 Å². The van der Waals surface area contributed by atoms with Gasteiger partial charge in [-0.3, -0.25) is 0 Å². The van der Waals surface area contributed by atoms with Gasteiger partial charge in [-0.1, -0.05) is 101 Å². The second kappa shape index (κ2) is 42.0. The summed E-state index contributed by atoms with van der Waals surface area (Å²) in [6, 6.07) is 10.3. The Bertz CT molecular complexity index is 897. The minimum Gasteiger partial charge on any atom is -0.211 e. The maximum Gasteiger partial charge on any atom is 0.235 e. The molecule has 8 nitrogen and oxygen atoms in total. The molecule has 0 aliphatic rings. The van der Waals surface area contributed by atoms with Crippen molar-refractivity contribution in [3.8, 4) is 0 Å². The number of benzene rings is 1. The number of aryl methyl sites for hydroxylation is 1. The summed E-state index contributed by atoms with van der Waals surface area (Å²) in [7, 11) is 0. The van der Waals surface area contributed by atoms with E-state index in [4.69, 9.17) is 4.79 Å². The number of aliphatic imine (C=N–C) groups is 4. The summed E-state index contributed by atoms with van der Waals surface area (Å²) in [5, 5.41) is 0. The molecule has 1 aromatic rings. The summed E-state index contributed by atoms with van der Waals surface area (Å²) in [4.78, 5) is 52.2. The first-order valence-electron chi connectivity index (χ1n) is 15.4. The van der Waals surface area contributed by atoms with E-state index in [1.807, 2.05) is 31.2 Å². The zero-order valence-electron chi connectivity index (χ0n) is 26.4. The van der Waals surface area contributed by atoms with Crippen molar-refractivity contribution >= 4 is 24.3 Å². The average molecular weight is 583 g/mol. The van der Waals surface area contributed by atoms with Crippen molar-refractivity contribution in [3.63, 3.8) is 0 Å². The third-order valence-corrected chi connectivity index (χ3v) is 5.86. The molecule has 234 valence electrons. The van der Waals surface area contributed by atoms with Gasteiger partial charge in [-0.05, 0) is 57.9 Å². The molecule has 0 aromatic heterocycles. The van der Waals surface area contributed by atoms with Gasteiger partial charge in [0.15, 0.2) is 0 Å². The van der Waals surface area contributed by atoms with E-state index in [1.165, 1.54) is 75.5 Å². The summed E-state index contributed by atoms with van der Waals surface area (Å²) in [6.07, 6.45) is 25.8. The molecule has 1 aromatic carbocycles. The highest BCUT2D eigenvalue weighted by Crippen LogP contribution is 2.09. The Hall–Kier alpha value is -3.52. The number of carbonyl (C=O) groups excluding carboxylic acids is 4. The van der Waals surface area contributed by atoms with E-state index in [2.05, 4.69) is 45.6 Å².